The van der Waals surface area contributed by atoms with Crippen LogP contribution in [0.3, 0.4) is 0 Å². The summed E-state index contributed by atoms with van der Waals surface area (Å²) in [4.78, 5) is 12.4. The van der Waals surface area contributed by atoms with Gasteiger partial charge in [-0.15, -0.1) is 0 Å². The van der Waals surface area contributed by atoms with Gasteiger partial charge in [-0.3, -0.25) is 4.79 Å². The molecule has 0 aliphatic heterocycles. The second kappa shape index (κ2) is 8.90. The van der Waals surface area contributed by atoms with E-state index in [1.54, 1.807) is 6.07 Å². The lowest BCUT2D eigenvalue weighted by Crippen LogP contribution is -2.12. The van der Waals surface area contributed by atoms with Crippen molar-refractivity contribution in [2.24, 2.45) is 0 Å². The Morgan fingerprint density at radius 3 is 2.41 bits per heavy atom. The van der Waals surface area contributed by atoms with Crippen LogP contribution in [0.4, 0.5) is 5.69 Å². The Balaban J connectivity index is 1.62. The Labute approximate surface area is 169 Å². The monoisotopic (exact) mass is 395 g/mol. The van der Waals surface area contributed by atoms with Gasteiger partial charge in [0.15, 0.2) is 0 Å². The molecule has 27 heavy (non-hydrogen) atoms. The summed E-state index contributed by atoms with van der Waals surface area (Å²) in [5.74, 6) is -0.115. The van der Waals surface area contributed by atoms with Gasteiger partial charge in [0.25, 0.3) is 5.91 Å². The maximum absolute atomic E-state index is 12.4. The number of allylic oxidation sites excluding steroid dienone is 1. The van der Waals surface area contributed by atoms with Crippen LogP contribution in [0.15, 0.2) is 72.8 Å². The summed E-state index contributed by atoms with van der Waals surface area (Å²) < 4.78 is 0. The zero-order chi connectivity index (χ0) is 19.2. The van der Waals surface area contributed by atoms with Gasteiger partial charge < -0.3 is 5.32 Å². The second-order valence-electron chi connectivity index (χ2n) is 6.25. The van der Waals surface area contributed by atoms with Crippen molar-refractivity contribution in [1.29, 1.82) is 0 Å². The van der Waals surface area contributed by atoms with Gasteiger partial charge in [0.2, 0.25) is 0 Å². The van der Waals surface area contributed by atoms with Crippen LogP contribution in [0.5, 0.6) is 0 Å². The molecule has 0 spiro atoms. The maximum Gasteiger partial charge on any atom is 0.255 e. The van der Waals surface area contributed by atoms with E-state index in [0.717, 1.165) is 28.8 Å². The summed E-state index contributed by atoms with van der Waals surface area (Å²) in [6, 6.07) is 20.9. The molecule has 0 bridgehead atoms. The molecule has 136 valence electrons. The topological polar surface area (TPSA) is 29.1 Å². The van der Waals surface area contributed by atoms with E-state index in [2.05, 4.69) is 11.4 Å². The predicted molar refractivity (Wildman–Crippen MR) is 115 cm³/mol. The molecule has 1 amide bonds. The first kappa shape index (κ1) is 19.2. The maximum atomic E-state index is 12.4. The van der Waals surface area contributed by atoms with Crippen molar-refractivity contribution in [3.63, 3.8) is 0 Å². The van der Waals surface area contributed by atoms with Gasteiger partial charge in [-0.2, -0.15) is 0 Å². The molecule has 0 heterocycles. The molecule has 0 radical (unpaired) electrons. The Bertz CT molecular complexity index is 978. The third kappa shape index (κ3) is 5.22. The Morgan fingerprint density at radius 2 is 1.70 bits per heavy atom. The average Bonchev–Trinajstić information content (AvgIpc) is 2.67. The number of carbonyl (C=O) groups is 1. The van der Waals surface area contributed by atoms with E-state index < -0.39 is 0 Å². The molecule has 0 saturated carbocycles. The molecule has 0 atom stereocenters. The van der Waals surface area contributed by atoms with Gasteiger partial charge in [-0.25, -0.2) is 0 Å². The number of para-hydroxylation sites is 1. The van der Waals surface area contributed by atoms with Crippen molar-refractivity contribution >= 4 is 40.9 Å². The van der Waals surface area contributed by atoms with E-state index in [0.29, 0.717) is 15.6 Å². The molecule has 0 aromatic heterocycles. The van der Waals surface area contributed by atoms with Crippen LogP contribution < -0.4 is 5.32 Å². The third-order valence-electron chi connectivity index (χ3n) is 4.21. The summed E-state index contributed by atoms with van der Waals surface area (Å²) in [6.45, 7) is 1.97. The number of anilines is 1. The second-order valence-corrected chi connectivity index (χ2v) is 7.06. The number of hydrogen-bond acceptors (Lipinski definition) is 1. The highest BCUT2D eigenvalue weighted by atomic mass is 35.5. The summed E-state index contributed by atoms with van der Waals surface area (Å²) in [6.07, 6.45) is 4.83. The van der Waals surface area contributed by atoms with Crippen LogP contribution in [0.25, 0.3) is 6.08 Å². The highest BCUT2D eigenvalue weighted by molar-refractivity contribution is 6.42. The normalized spacial score (nSPS) is 10.9. The molecule has 0 saturated heterocycles. The van der Waals surface area contributed by atoms with Crippen molar-refractivity contribution in [2.75, 3.05) is 5.32 Å². The minimum absolute atomic E-state index is 0.115. The van der Waals surface area contributed by atoms with E-state index in [-0.39, 0.29) is 5.91 Å². The Hall–Kier alpha value is -2.55. The first-order valence-electron chi connectivity index (χ1n) is 8.60. The van der Waals surface area contributed by atoms with E-state index in [9.17, 15) is 4.79 Å². The van der Waals surface area contributed by atoms with Crippen molar-refractivity contribution in [3.8, 4) is 0 Å². The van der Waals surface area contributed by atoms with Crippen LogP contribution in [-0.2, 0) is 6.42 Å². The first-order chi connectivity index (χ1) is 13.0. The smallest absolute Gasteiger partial charge is 0.255 e. The molecule has 0 unspecified atom stereocenters. The largest absolute Gasteiger partial charge is 0.322 e. The van der Waals surface area contributed by atoms with E-state index >= 15 is 0 Å². The highest BCUT2D eigenvalue weighted by Gasteiger charge is 2.07. The van der Waals surface area contributed by atoms with Gasteiger partial charge in [0.1, 0.15) is 0 Å². The molecule has 3 rings (SSSR count). The quantitative estimate of drug-likeness (QED) is 0.504. The fourth-order valence-electron chi connectivity index (χ4n) is 2.65. The molecule has 2 nitrogen and oxygen atoms in total. The SMILES string of the molecule is Cc1ccccc1NC(=O)c1ccc(C=CCc2ccc(Cl)c(Cl)c2)cc1. The Morgan fingerprint density at radius 1 is 0.963 bits per heavy atom. The molecular formula is C23H19Cl2NO. The summed E-state index contributed by atoms with van der Waals surface area (Å²) in [5.41, 5.74) is 4.61. The lowest BCUT2D eigenvalue weighted by Gasteiger charge is -2.08. The van der Waals surface area contributed by atoms with Gasteiger partial charge in [-0.1, -0.05) is 71.8 Å². The lowest BCUT2D eigenvalue weighted by atomic mass is 10.1. The average molecular weight is 396 g/mol. The van der Waals surface area contributed by atoms with Crippen molar-refractivity contribution < 1.29 is 4.79 Å². The van der Waals surface area contributed by atoms with Crippen LogP contribution in [0.1, 0.15) is 27.0 Å². The van der Waals surface area contributed by atoms with Crippen LogP contribution >= 0.6 is 23.2 Å². The summed E-state index contributed by atoms with van der Waals surface area (Å²) in [5, 5.41) is 4.06. The number of carbonyl (C=O) groups excluding carboxylic acids is 1. The third-order valence-corrected chi connectivity index (χ3v) is 4.95. The van der Waals surface area contributed by atoms with Crippen LogP contribution in [-0.4, -0.2) is 5.91 Å². The van der Waals surface area contributed by atoms with Gasteiger partial charge in [0, 0.05) is 11.3 Å². The molecule has 3 aromatic rings. The van der Waals surface area contributed by atoms with Crippen LogP contribution in [0.2, 0.25) is 10.0 Å². The fraction of sp³-hybridized carbons (Fsp3) is 0.0870. The number of halogens is 2. The van der Waals surface area contributed by atoms with E-state index in [4.69, 9.17) is 23.2 Å². The van der Waals surface area contributed by atoms with E-state index in [1.165, 1.54) is 0 Å². The molecular weight excluding hydrogens is 377 g/mol. The number of nitrogens with one attached hydrogen (secondary N) is 1. The Kier molecular flexibility index (Phi) is 6.33. The van der Waals surface area contributed by atoms with Gasteiger partial charge >= 0.3 is 0 Å². The number of rotatable bonds is 5. The molecule has 0 aliphatic rings. The molecule has 3 aromatic carbocycles. The molecule has 0 aliphatic carbocycles. The molecule has 0 fully saturated rings. The van der Waals surface area contributed by atoms with Crippen LogP contribution in [0, 0.1) is 6.92 Å². The standard InChI is InChI=1S/C23H19Cl2NO/c1-16-5-2-3-8-22(16)26-23(27)19-12-9-17(10-13-19)6-4-7-18-11-14-20(24)21(25)15-18/h2-6,8-15H,7H2,1H3,(H,26,27). The number of hydrogen-bond donors (Lipinski definition) is 1. The number of amides is 1. The molecule has 1 N–H and O–H groups in total. The molecule has 4 heteroatoms. The lowest BCUT2D eigenvalue weighted by molar-refractivity contribution is 0.102. The van der Waals surface area contributed by atoms with Gasteiger partial charge in [0.05, 0.1) is 10.0 Å². The zero-order valence-electron chi connectivity index (χ0n) is 14.9. The number of benzene rings is 3. The first-order valence-corrected chi connectivity index (χ1v) is 9.36. The summed E-state index contributed by atoms with van der Waals surface area (Å²) >= 11 is 12.0. The van der Waals surface area contributed by atoms with Crippen molar-refractivity contribution in [2.45, 2.75) is 13.3 Å². The van der Waals surface area contributed by atoms with E-state index in [1.807, 2.05) is 73.7 Å². The van der Waals surface area contributed by atoms with Crippen molar-refractivity contribution in [3.05, 3.63) is 105 Å². The van der Waals surface area contributed by atoms with Crippen molar-refractivity contribution in [1.82, 2.24) is 0 Å². The fourth-order valence-corrected chi connectivity index (χ4v) is 2.97. The highest BCUT2D eigenvalue weighted by Crippen LogP contribution is 2.23. The predicted octanol–water partition coefficient (Wildman–Crippen LogP) is 6.81. The minimum Gasteiger partial charge on any atom is -0.322 e. The summed E-state index contributed by atoms with van der Waals surface area (Å²) in [7, 11) is 0. The van der Waals surface area contributed by atoms with Gasteiger partial charge in [-0.05, 0) is 60.4 Å². The zero-order valence-corrected chi connectivity index (χ0v) is 16.4. The minimum atomic E-state index is -0.115. The number of aryl methyl sites for hydroxylation is 1.